The van der Waals surface area contributed by atoms with Crippen LogP contribution in [0.2, 0.25) is 0 Å². The highest BCUT2D eigenvalue weighted by Crippen LogP contribution is 2.34. The summed E-state index contributed by atoms with van der Waals surface area (Å²) in [7, 11) is 0. The van der Waals surface area contributed by atoms with E-state index >= 15 is 0 Å². The molecule has 0 saturated carbocycles. The minimum atomic E-state index is -0.449. The van der Waals surface area contributed by atoms with Crippen molar-refractivity contribution in [2.24, 2.45) is 0 Å². The summed E-state index contributed by atoms with van der Waals surface area (Å²) in [4.78, 5) is 32.4. The van der Waals surface area contributed by atoms with E-state index in [-0.39, 0.29) is 12.5 Å². The maximum Gasteiger partial charge on any atom is 0.348 e. The van der Waals surface area contributed by atoms with Crippen LogP contribution in [0.4, 0.5) is 0 Å². The highest BCUT2D eigenvalue weighted by atomic mass is 32.1. The Morgan fingerprint density at radius 2 is 1.78 bits per heavy atom. The first-order valence-corrected chi connectivity index (χ1v) is 10.7. The molecule has 0 radical (unpaired) electrons. The molecule has 5 nitrogen and oxygen atoms in total. The zero-order valence-electron chi connectivity index (χ0n) is 14.8. The molecular weight excluding hydrogens is 380 g/mol. The Hall–Kier alpha value is -2.25. The second-order valence-corrected chi connectivity index (χ2v) is 8.64. The summed E-state index contributed by atoms with van der Waals surface area (Å²) in [5, 5.41) is 0.890. The zero-order valence-corrected chi connectivity index (χ0v) is 16.5. The van der Waals surface area contributed by atoms with Crippen molar-refractivity contribution >= 4 is 44.8 Å². The molecule has 2 aromatic heterocycles. The molecule has 7 heteroatoms. The van der Waals surface area contributed by atoms with Crippen LogP contribution in [0.25, 0.3) is 20.1 Å². The summed E-state index contributed by atoms with van der Waals surface area (Å²) in [5.41, 5.74) is 0.957. The second kappa shape index (κ2) is 8.19. The fourth-order valence-electron chi connectivity index (χ4n) is 3.15. The van der Waals surface area contributed by atoms with Gasteiger partial charge in [-0.2, -0.15) is 0 Å². The van der Waals surface area contributed by atoms with E-state index in [0.717, 1.165) is 58.9 Å². The Kier molecular flexibility index (Phi) is 5.50. The molecule has 1 aliphatic heterocycles. The zero-order chi connectivity index (χ0) is 18.6. The van der Waals surface area contributed by atoms with Gasteiger partial charge in [-0.05, 0) is 37.1 Å². The number of thiazole rings is 1. The molecule has 0 unspecified atom stereocenters. The molecule has 1 aliphatic rings. The number of hydrogen-bond acceptors (Lipinski definition) is 6. The van der Waals surface area contributed by atoms with Crippen molar-refractivity contribution in [2.75, 3.05) is 19.7 Å². The summed E-state index contributed by atoms with van der Waals surface area (Å²) < 4.78 is 6.37. The van der Waals surface area contributed by atoms with Gasteiger partial charge >= 0.3 is 5.97 Å². The van der Waals surface area contributed by atoms with E-state index in [9.17, 15) is 9.59 Å². The van der Waals surface area contributed by atoms with Crippen LogP contribution in [0, 0.1) is 0 Å². The van der Waals surface area contributed by atoms with E-state index < -0.39 is 5.97 Å². The summed E-state index contributed by atoms with van der Waals surface area (Å²) in [6, 6.07) is 11.6. The van der Waals surface area contributed by atoms with Gasteiger partial charge in [0.15, 0.2) is 6.61 Å². The van der Waals surface area contributed by atoms with Gasteiger partial charge in [-0.25, -0.2) is 9.78 Å². The Morgan fingerprint density at radius 1 is 1.00 bits per heavy atom. The first kappa shape index (κ1) is 18.1. The minimum Gasteiger partial charge on any atom is -0.451 e. The molecule has 140 valence electrons. The first-order chi connectivity index (χ1) is 13.2. The molecule has 0 aliphatic carbocycles. The molecule has 1 amide bonds. The molecule has 27 heavy (non-hydrogen) atoms. The number of likely N-dealkylation sites (tertiary alicyclic amines) is 1. The number of esters is 1. The molecular formula is C20H20N2O3S2. The standard InChI is InChI=1S/C20H20N2O3S2/c23-18(22-11-5-1-2-6-12-22)13-25-20(24)17-10-9-16(26-17)19-21-14-7-3-4-8-15(14)27-19/h3-4,7-10H,1-2,5-6,11-13H2. The highest BCUT2D eigenvalue weighted by Gasteiger charge is 2.19. The van der Waals surface area contributed by atoms with Crippen molar-refractivity contribution in [3.05, 3.63) is 41.3 Å². The van der Waals surface area contributed by atoms with Gasteiger partial charge in [0.2, 0.25) is 0 Å². The Bertz CT molecular complexity index is 922. The number of rotatable bonds is 4. The molecule has 0 bridgehead atoms. The van der Waals surface area contributed by atoms with E-state index in [1.54, 1.807) is 22.3 Å². The van der Waals surface area contributed by atoms with Crippen molar-refractivity contribution in [2.45, 2.75) is 25.7 Å². The maximum atomic E-state index is 12.3. The van der Waals surface area contributed by atoms with Crippen LogP contribution < -0.4 is 0 Å². The van der Waals surface area contributed by atoms with E-state index in [4.69, 9.17) is 4.74 Å². The largest absolute Gasteiger partial charge is 0.451 e. The normalized spacial score (nSPS) is 14.9. The lowest BCUT2D eigenvalue weighted by Crippen LogP contribution is -2.35. The number of nitrogens with zero attached hydrogens (tertiary/aromatic N) is 2. The van der Waals surface area contributed by atoms with Crippen LogP contribution >= 0.6 is 22.7 Å². The molecule has 0 spiro atoms. The third kappa shape index (κ3) is 4.20. The first-order valence-electron chi connectivity index (χ1n) is 9.11. The van der Waals surface area contributed by atoms with Gasteiger partial charge < -0.3 is 9.64 Å². The van der Waals surface area contributed by atoms with Gasteiger partial charge in [0.05, 0.1) is 15.1 Å². The third-order valence-corrected chi connectivity index (χ3v) is 6.87. The smallest absolute Gasteiger partial charge is 0.348 e. The van der Waals surface area contributed by atoms with Crippen molar-refractivity contribution < 1.29 is 14.3 Å². The van der Waals surface area contributed by atoms with Gasteiger partial charge in [-0.3, -0.25) is 4.79 Å². The number of fused-ring (bicyclic) bond motifs is 1. The number of amides is 1. The van der Waals surface area contributed by atoms with E-state index in [0.29, 0.717) is 4.88 Å². The minimum absolute atomic E-state index is 0.104. The van der Waals surface area contributed by atoms with Crippen LogP contribution in [0.3, 0.4) is 0 Å². The fourth-order valence-corrected chi connectivity index (χ4v) is 5.07. The van der Waals surface area contributed by atoms with E-state index in [2.05, 4.69) is 4.98 Å². The van der Waals surface area contributed by atoms with Crippen molar-refractivity contribution in [3.63, 3.8) is 0 Å². The average molecular weight is 401 g/mol. The predicted molar refractivity (Wildman–Crippen MR) is 108 cm³/mol. The quantitative estimate of drug-likeness (QED) is 0.601. The molecule has 3 heterocycles. The monoisotopic (exact) mass is 400 g/mol. The maximum absolute atomic E-state index is 12.3. The second-order valence-electron chi connectivity index (χ2n) is 6.52. The van der Waals surface area contributed by atoms with E-state index in [1.807, 2.05) is 30.3 Å². The van der Waals surface area contributed by atoms with Gasteiger partial charge in [0, 0.05) is 13.1 Å². The molecule has 1 aromatic carbocycles. The van der Waals surface area contributed by atoms with Crippen LogP contribution in [0.1, 0.15) is 35.4 Å². The lowest BCUT2D eigenvalue weighted by Gasteiger charge is -2.19. The third-order valence-electron chi connectivity index (χ3n) is 4.60. The predicted octanol–water partition coefficient (Wildman–Crippen LogP) is 4.58. The Balaban J connectivity index is 1.39. The lowest BCUT2D eigenvalue weighted by molar-refractivity contribution is -0.134. The van der Waals surface area contributed by atoms with Crippen LogP contribution in [-0.2, 0) is 9.53 Å². The van der Waals surface area contributed by atoms with Crippen molar-refractivity contribution in [1.82, 2.24) is 9.88 Å². The lowest BCUT2D eigenvalue weighted by atomic mass is 10.2. The molecule has 4 rings (SSSR count). The van der Waals surface area contributed by atoms with E-state index in [1.165, 1.54) is 11.3 Å². The number of carbonyl (C=O) groups excluding carboxylic acids is 2. The van der Waals surface area contributed by atoms with Gasteiger partial charge in [-0.15, -0.1) is 22.7 Å². The van der Waals surface area contributed by atoms with Gasteiger partial charge in [0.25, 0.3) is 5.91 Å². The summed E-state index contributed by atoms with van der Waals surface area (Å²) in [6.07, 6.45) is 4.37. The van der Waals surface area contributed by atoms with Crippen LogP contribution in [0.5, 0.6) is 0 Å². The van der Waals surface area contributed by atoms with Crippen LogP contribution in [-0.4, -0.2) is 41.5 Å². The number of aromatic nitrogens is 1. The van der Waals surface area contributed by atoms with Crippen molar-refractivity contribution in [1.29, 1.82) is 0 Å². The SMILES string of the molecule is O=C(OCC(=O)N1CCCCCC1)c1ccc(-c2nc3ccccc3s2)s1. The molecule has 1 saturated heterocycles. The summed E-state index contributed by atoms with van der Waals surface area (Å²) in [5.74, 6) is -0.552. The van der Waals surface area contributed by atoms with Crippen LogP contribution in [0.15, 0.2) is 36.4 Å². The Morgan fingerprint density at radius 3 is 2.56 bits per heavy atom. The van der Waals surface area contributed by atoms with Gasteiger partial charge in [-0.1, -0.05) is 25.0 Å². The average Bonchev–Trinajstić information content (AvgIpc) is 3.25. The number of hydrogen-bond donors (Lipinski definition) is 0. The molecule has 0 N–H and O–H groups in total. The summed E-state index contributed by atoms with van der Waals surface area (Å²) in [6.45, 7) is 1.33. The van der Waals surface area contributed by atoms with Gasteiger partial charge in [0.1, 0.15) is 9.88 Å². The number of benzene rings is 1. The topological polar surface area (TPSA) is 59.5 Å². The molecule has 0 atom stereocenters. The number of ether oxygens (including phenoxy) is 1. The highest BCUT2D eigenvalue weighted by molar-refractivity contribution is 7.26. The summed E-state index contributed by atoms with van der Waals surface area (Å²) >= 11 is 2.95. The number of carbonyl (C=O) groups is 2. The number of para-hydroxylation sites is 1. The fraction of sp³-hybridized carbons (Fsp3) is 0.350. The number of thiophene rings is 1. The molecule has 1 fully saturated rings. The molecule has 3 aromatic rings. The Labute approximate surface area is 165 Å². The van der Waals surface area contributed by atoms with Crippen molar-refractivity contribution in [3.8, 4) is 9.88 Å².